The molecule has 1 atom stereocenters. The van der Waals surface area contributed by atoms with Crippen LogP contribution in [-0.4, -0.2) is 27.6 Å². The van der Waals surface area contributed by atoms with Gasteiger partial charge < -0.3 is 15.2 Å². The number of amides is 1. The highest BCUT2D eigenvalue weighted by atomic mass is 35.5. The van der Waals surface area contributed by atoms with E-state index in [0.717, 1.165) is 11.1 Å². The maximum atomic E-state index is 12.4. The maximum absolute atomic E-state index is 12.4. The number of ether oxygens (including phenoxy) is 1. The summed E-state index contributed by atoms with van der Waals surface area (Å²) in [6.07, 6.45) is 2.33. The molecule has 6 nitrogen and oxygen atoms in total. The van der Waals surface area contributed by atoms with E-state index in [0.29, 0.717) is 27.0 Å². The van der Waals surface area contributed by atoms with Gasteiger partial charge in [-0.05, 0) is 61.4 Å². The van der Waals surface area contributed by atoms with E-state index in [9.17, 15) is 9.90 Å². The molecule has 0 fully saturated rings. The van der Waals surface area contributed by atoms with Crippen molar-refractivity contribution in [1.82, 2.24) is 9.97 Å². The lowest BCUT2D eigenvalue weighted by atomic mass is 10.1. The van der Waals surface area contributed by atoms with Gasteiger partial charge in [-0.25, -0.2) is 9.97 Å². The molecule has 29 heavy (non-hydrogen) atoms. The summed E-state index contributed by atoms with van der Waals surface area (Å²) in [5.41, 5.74) is 2.82. The van der Waals surface area contributed by atoms with Gasteiger partial charge in [-0.1, -0.05) is 23.2 Å². The van der Waals surface area contributed by atoms with Crippen LogP contribution in [-0.2, 0) is 0 Å². The first-order valence-corrected chi connectivity index (χ1v) is 9.56. The first-order valence-electron chi connectivity index (χ1n) is 8.81. The summed E-state index contributed by atoms with van der Waals surface area (Å²) in [5, 5.41) is 13.6. The van der Waals surface area contributed by atoms with Crippen LogP contribution in [0.25, 0.3) is 0 Å². The van der Waals surface area contributed by atoms with Gasteiger partial charge in [0.2, 0.25) is 5.82 Å². The van der Waals surface area contributed by atoms with Crippen molar-refractivity contribution in [3.63, 3.8) is 0 Å². The summed E-state index contributed by atoms with van der Waals surface area (Å²) >= 11 is 12.3. The van der Waals surface area contributed by atoms with Crippen LogP contribution in [0.15, 0.2) is 48.8 Å². The number of carbonyl (C=O) groups is 1. The molecule has 0 aliphatic carbocycles. The lowest BCUT2D eigenvalue weighted by Crippen LogP contribution is -2.17. The molecule has 0 aliphatic rings. The molecule has 0 bridgehead atoms. The van der Waals surface area contributed by atoms with Gasteiger partial charge in [0.15, 0.2) is 0 Å². The van der Waals surface area contributed by atoms with E-state index in [1.54, 1.807) is 36.4 Å². The number of hydrogen-bond donors (Lipinski definition) is 2. The molecule has 1 amide bonds. The summed E-state index contributed by atoms with van der Waals surface area (Å²) in [5.74, 6) is 0.219. The van der Waals surface area contributed by atoms with Crippen molar-refractivity contribution in [1.29, 1.82) is 0 Å². The Morgan fingerprint density at radius 2 is 1.79 bits per heavy atom. The van der Waals surface area contributed by atoms with Crippen molar-refractivity contribution in [2.75, 3.05) is 11.9 Å². The van der Waals surface area contributed by atoms with E-state index >= 15 is 0 Å². The Kier molecular flexibility index (Phi) is 6.69. The number of aryl methyl sites for hydroxylation is 2. The van der Waals surface area contributed by atoms with E-state index in [1.807, 2.05) is 13.8 Å². The van der Waals surface area contributed by atoms with Crippen molar-refractivity contribution in [3.05, 3.63) is 81.4 Å². The number of anilines is 1. The number of carbonyl (C=O) groups excluding carboxylic acids is 1. The second-order valence-electron chi connectivity index (χ2n) is 6.41. The number of benzene rings is 2. The van der Waals surface area contributed by atoms with Crippen molar-refractivity contribution in [2.24, 2.45) is 0 Å². The first kappa shape index (κ1) is 21.0. The number of nitrogens with one attached hydrogen (secondary N) is 1. The number of rotatable bonds is 6. The minimum Gasteiger partial charge on any atom is -0.483 e. The number of hydrogen-bond acceptors (Lipinski definition) is 5. The number of halogens is 2. The molecule has 8 heteroatoms. The molecule has 0 spiro atoms. The zero-order chi connectivity index (χ0) is 21.0. The van der Waals surface area contributed by atoms with E-state index in [2.05, 4.69) is 15.3 Å². The molecule has 2 N–H and O–H groups in total. The highest BCUT2D eigenvalue weighted by Crippen LogP contribution is 2.32. The standard InChI is InChI=1S/C21H19Cl2N3O3/c1-12-8-15(29-18(11-27)16-10-14(22)4-5-17(16)23)9-13(2)19(12)26-21(28)20-24-6-3-7-25-20/h3-10,18,27H,11H2,1-2H3,(H,26,28). The van der Waals surface area contributed by atoms with Crippen LogP contribution in [0.5, 0.6) is 5.75 Å². The predicted octanol–water partition coefficient (Wildman–Crippen LogP) is 4.76. The Morgan fingerprint density at radius 3 is 2.41 bits per heavy atom. The fraction of sp³-hybridized carbons (Fsp3) is 0.190. The summed E-state index contributed by atoms with van der Waals surface area (Å²) in [6.45, 7) is 3.42. The summed E-state index contributed by atoms with van der Waals surface area (Å²) in [7, 11) is 0. The molecule has 3 rings (SSSR count). The van der Waals surface area contributed by atoms with E-state index in [4.69, 9.17) is 27.9 Å². The molecule has 1 aromatic heterocycles. The Hall–Kier alpha value is -2.67. The minimum absolute atomic E-state index is 0.0857. The van der Waals surface area contributed by atoms with E-state index in [-0.39, 0.29) is 12.4 Å². The third-order valence-corrected chi connectivity index (χ3v) is 4.84. The highest BCUT2D eigenvalue weighted by Gasteiger charge is 2.18. The normalized spacial score (nSPS) is 11.8. The zero-order valence-corrected chi connectivity index (χ0v) is 17.3. The van der Waals surface area contributed by atoms with Crippen molar-refractivity contribution in [2.45, 2.75) is 20.0 Å². The van der Waals surface area contributed by atoms with Crippen LogP contribution in [0.2, 0.25) is 10.0 Å². The average Bonchev–Trinajstić information content (AvgIpc) is 2.71. The summed E-state index contributed by atoms with van der Waals surface area (Å²) in [6, 6.07) is 10.2. The van der Waals surface area contributed by atoms with Gasteiger partial charge >= 0.3 is 0 Å². The first-order chi connectivity index (χ1) is 13.9. The maximum Gasteiger partial charge on any atom is 0.293 e. The smallest absolute Gasteiger partial charge is 0.293 e. The zero-order valence-electron chi connectivity index (χ0n) is 15.8. The van der Waals surface area contributed by atoms with Gasteiger partial charge in [-0.2, -0.15) is 0 Å². The van der Waals surface area contributed by atoms with Gasteiger partial charge in [0.1, 0.15) is 11.9 Å². The third-order valence-electron chi connectivity index (χ3n) is 4.26. The summed E-state index contributed by atoms with van der Waals surface area (Å²) < 4.78 is 5.96. The van der Waals surface area contributed by atoms with E-state index in [1.165, 1.54) is 12.4 Å². The Labute approximate surface area is 178 Å². The largest absolute Gasteiger partial charge is 0.483 e. The molecule has 0 saturated heterocycles. The number of aromatic nitrogens is 2. The molecule has 1 unspecified atom stereocenters. The van der Waals surface area contributed by atoms with Crippen LogP contribution in [0.3, 0.4) is 0 Å². The molecule has 2 aromatic carbocycles. The van der Waals surface area contributed by atoms with Crippen LogP contribution in [0.4, 0.5) is 5.69 Å². The monoisotopic (exact) mass is 431 g/mol. The number of nitrogens with zero attached hydrogens (tertiary/aromatic N) is 2. The lowest BCUT2D eigenvalue weighted by Gasteiger charge is -2.20. The highest BCUT2D eigenvalue weighted by molar-refractivity contribution is 6.33. The van der Waals surface area contributed by atoms with Crippen molar-refractivity contribution >= 4 is 34.8 Å². The van der Waals surface area contributed by atoms with Gasteiger partial charge in [-0.3, -0.25) is 4.79 Å². The molecule has 1 heterocycles. The second kappa shape index (κ2) is 9.22. The number of aliphatic hydroxyl groups is 1. The molecule has 0 saturated carbocycles. The Bertz CT molecular complexity index is 1010. The third kappa shape index (κ3) is 5.03. The predicted molar refractivity (Wildman–Crippen MR) is 113 cm³/mol. The second-order valence-corrected chi connectivity index (χ2v) is 7.26. The molecule has 0 radical (unpaired) electrons. The Morgan fingerprint density at radius 1 is 1.14 bits per heavy atom. The Balaban J connectivity index is 1.83. The SMILES string of the molecule is Cc1cc(OC(CO)c2cc(Cl)ccc2Cl)cc(C)c1NC(=O)c1ncccn1. The lowest BCUT2D eigenvalue weighted by molar-refractivity contribution is 0.101. The molecule has 3 aromatic rings. The van der Waals surface area contributed by atoms with Crippen LogP contribution in [0.1, 0.15) is 33.4 Å². The fourth-order valence-electron chi connectivity index (χ4n) is 2.90. The van der Waals surface area contributed by atoms with Crippen molar-refractivity contribution < 1.29 is 14.6 Å². The molecule has 150 valence electrons. The van der Waals surface area contributed by atoms with Gasteiger partial charge in [0.25, 0.3) is 5.91 Å². The number of aliphatic hydroxyl groups excluding tert-OH is 1. The fourth-order valence-corrected chi connectivity index (χ4v) is 3.32. The molecular formula is C21H19Cl2N3O3. The molecular weight excluding hydrogens is 413 g/mol. The average molecular weight is 432 g/mol. The van der Waals surface area contributed by atoms with Crippen LogP contribution < -0.4 is 10.1 Å². The quantitative estimate of drug-likeness (QED) is 0.587. The summed E-state index contributed by atoms with van der Waals surface area (Å²) in [4.78, 5) is 20.3. The van der Waals surface area contributed by atoms with Gasteiger partial charge in [0.05, 0.1) is 6.61 Å². The minimum atomic E-state index is -0.682. The topological polar surface area (TPSA) is 84.3 Å². The van der Waals surface area contributed by atoms with Crippen molar-refractivity contribution in [3.8, 4) is 5.75 Å². The van der Waals surface area contributed by atoms with Gasteiger partial charge in [-0.15, -0.1) is 0 Å². The van der Waals surface area contributed by atoms with Crippen LogP contribution >= 0.6 is 23.2 Å². The van der Waals surface area contributed by atoms with E-state index < -0.39 is 12.0 Å². The molecule has 0 aliphatic heterocycles. The van der Waals surface area contributed by atoms with Gasteiger partial charge in [0, 0.05) is 33.7 Å². The van der Waals surface area contributed by atoms with Crippen LogP contribution in [0, 0.1) is 13.8 Å².